The summed E-state index contributed by atoms with van der Waals surface area (Å²) >= 11 is 0. The van der Waals surface area contributed by atoms with Gasteiger partial charge in [-0.3, -0.25) is 14.5 Å². The summed E-state index contributed by atoms with van der Waals surface area (Å²) in [6, 6.07) is 13.6. The Morgan fingerprint density at radius 1 is 0.929 bits per heavy atom. The highest BCUT2D eigenvalue weighted by atomic mass is 16.5. The van der Waals surface area contributed by atoms with E-state index in [4.69, 9.17) is 4.74 Å². The average Bonchev–Trinajstić information content (AvgIpc) is 2.89. The smallest absolute Gasteiger partial charge is 0.278 e. The topological polar surface area (TPSA) is 58.6 Å². The van der Waals surface area contributed by atoms with Gasteiger partial charge >= 0.3 is 0 Å². The summed E-state index contributed by atoms with van der Waals surface area (Å²) in [6.45, 7) is 6.83. The number of carbonyl (C=O) groups excluding carboxylic acids is 2. The van der Waals surface area contributed by atoms with Crippen LogP contribution in [0.4, 0.5) is 5.69 Å². The summed E-state index contributed by atoms with van der Waals surface area (Å²) in [6.07, 6.45) is 0.603. The fourth-order valence-electron chi connectivity index (χ4n) is 3.34. The van der Waals surface area contributed by atoms with Crippen LogP contribution in [0.3, 0.4) is 0 Å². The number of rotatable bonds is 7. The molecule has 146 valence electrons. The second kappa shape index (κ2) is 8.40. The van der Waals surface area contributed by atoms with Gasteiger partial charge in [-0.05, 0) is 44.4 Å². The van der Waals surface area contributed by atoms with Crippen LogP contribution in [0.5, 0.6) is 0 Å². The molecule has 0 spiro atoms. The van der Waals surface area contributed by atoms with Crippen LogP contribution < -0.4 is 5.32 Å². The standard InChI is InChI=1S/C23H26N2O3/c1-15-6-9-18(10-7-15)20-21(24-19-11-8-16(2)14-17(19)3)23(27)25(22(20)26)12-5-13-28-4/h6-11,14,24H,5,12-13H2,1-4H3. The molecular formula is C23H26N2O3. The molecule has 0 aromatic heterocycles. The van der Waals surface area contributed by atoms with Gasteiger partial charge in [0.25, 0.3) is 11.8 Å². The summed E-state index contributed by atoms with van der Waals surface area (Å²) in [5.74, 6) is -0.561. The third kappa shape index (κ3) is 3.99. The highest BCUT2D eigenvalue weighted by Gasteiger charge is 2.38. The lowest BCUT2D eigenvalue weighted by Crippen LogP contribution is -2.34. The SMILES string of the molecule is COCCCN1C(=O)C(Nc2ccc(C)cc2C)=C(c2ccc(C)cc2)C1=O. The molecule has 3 rings (SSSR count). The van der Waals surface area contributed by atoms with E-state index < -0.39 is 0 Å². The number of anilines is 1. The van der Waals surface area contributed by atoms with Crippen LogP contribution in [0.2, 0.25) is 0 Å². The minimum atomic E-state index is -0.295. The van der Waals surface area contributed by atoms with Gasteiger partial charge in [-0.1, -0.05) is 47.5 Å². The second-order valence-electron chi connectivity index (χ2n) is 7.17. The summed E-state index contributed by atoms with van der Waals surface area (Å²) in [5.41, 5.74) is 5.58. The van der Waals surface area contributed by atoms with Gasteiger partial charge in [0.15, 0.2) is 0 Å². The van der Waals surface area contributed by atoms with E-state index in [0.29, 0.717) is 30.8 Å². The van der Waals surface area contributed by atoms with Crippen LogP contribution in [0.25, 0.3) is 5.57 Å². The van der Waals surface area contributed by atoms with E-state index in [0.717, 1.165) is 27.9 Å². The molecular weight excluding hydrogens is 352 g/mol. The van der Waals surface area contributed by atoms with Crippen molar-refractivity contribution in [1.29, 1.82) is 0 Å². The molecule has 5 nitrogen and oxygen atoms in total. The number of benzene rings is 2. The van der Waals surface area contributed by atoms with Crippen molar-refractivity contribution in [3.63, 3.8) is 0 Å². The fraction of sp³-hybridized carbons (Fsp3) is 0.304. The second-order valence-corrected chi connectivity index (χ2v) is 7.17. The van der Waals surface area contributed by atoms with E-state index in [1.54, 1.807) is 7.11 Å². The number of hydrogen-bond acceptors (Lipinski definition) is 4. The van der Waals surface area contributed by atoms with Gasteiger partial charge in [-0.15, -0.1) is 0 Å². The Kier molecular flexibility index (Phi) is 5.95. The molecule has 1 aliphatic rings. The van der Waals surface area contributed by atoms with Gasteiger partial charge in [0, 0.05) is 25.9 Å². The third-order valence-electron chi connectivity index (χ3n) is 4.88. The maximum Gasteiger partial charge on any atom is 0.278 e. The fourth-order valence-corrected chi connectivity index (χ4v) is 3.34. The first-order chi connectivity index (χ1) is 13.4. The number of amides is 2. The predicted molar refractivity (Wildman–Crippen MR) is 111 cm³/mol. The number of methoxy groups -OCH3 is 1. The van der Waals surface area contributed by atoms with Crippen molar-refractivity contribution in [3.05, 3.63) is 70.4 Å². The van der Waals surface area contributed by atoms with Crippen LogP contribution in [-0.2, 0) is 14.3 Å². The highest BCUT2D eigenvalue weighted by Crippen LogP contribution is 2.31. The number of nitrogens with zero attached hydrogens (tertiary/aromatic N) is 1. The maximum atomic E-state index is 13.1. The first-order valence-electron chi connectivity index (χ1n) is 9.43. The molecule has 2 aromatic rings. The van der Waals surface area contributed by atoms with E-state index >= 15 is 0 Å². The van der Waals surface area contributed by atoms with Gasteiger partial charge in [0.2, 0.25) is 0 Å². The first kappa shape index (κ1) is 19.8. The molecule has 0 aliphatic carbocycles. The van der Waals surface area contributed by atoms with Crippen molar-refractivity contribution in [2.45, 2.75) is 27.2 Å². The zero-order valence-electron chi connectivity index (χ0n) is 16.8. The third-order valence-corrected chi connectivity index (χ3v) is 4.88. The number of hydrogen-bond donors (Lipinski definition) is 1. The minimum absolute atomic E-state index is 0.266. The molecule has 0 bridgehead atoms. The predicted octanol–water partition coefficient (Wildman–Crippen LogP) is 3.84. The van der Waals surface area contributed by atoms with Crippen molar-refractivity contribution >= 4 is 23.1 Å². The number of carbonyl (C=O) groups is 2. The van der Waals surface area contributed by atoms with Crippen LogP contribution in [0.1, 0.15) is 28.7 Å². The monoisotopic (exact) mass is 378 g/mol. The molecule has 0 atom stereocenters. The van der Waals surface area contributed by atoms with E-state index in [1.165, 1.54) is 4.90 Å². The van der Waals surface area contributed by atoms with Crippen molar-refractivity contribution in [3.8, 4) is 0 Å². The quantitative estimate of drug-likeness (QED) is 0.587. The maximum absolute atomic E-state index is 13.1. The zero-order chi connectivity index (χ0) is 20.3. The van der Waals surface area contributed by atoms with Crippen LogP contribution in [-0.4, -0.2) is 37.0 Å². The van der Waals surface area contributed by atoms with Gasteiger partial charge in [0.05, 0.1) is 5.57 Å². The van der Waals surface area contributed by atoms with Crippen LogP contribution in [0.15, 0.2) is 48.2 Å². The molecule has 0 fully saturated rings. The molecule has 5 heteroatoms. The summed E-state index contributed by atoms with van der Waals surface area (Å²) in [5, 5.41) is 3.24. The molecule has 2 amide bonds. The Hall–Kier alpha value is -2.92. The number of imide groups is 1. The van der Waals surface area contributed by atoms with Crippen molar-refractivity contribution < 1.29 is 14.3 Å². The number of aryl methyl sites for hydroxylation is 3. The Labute approximate surface area is 166 Å². The summed E-state index contributed by atoms with van der Waals surface area (Å²) in [4.78, 5) is 27.5. The summed E-state index contributed by atoms with van der Waals surface area (Å²) in [7, 11) is 1.61. The van der Waals surface area contributed by atoms with Gasteiger partial charge in [-0.2, -0.15) is 0 Å². The van der Waals surface area contributed by atoms with Crippen LogP contribution >= 0.6 is 0 Å². The van der Waals surface area contributed by atoms with Crippen molar-refractivity contribution in [2.75, 3.05) is 25.6 Å². The molecule has 0 saturated heterocycles. The Bertz CT molecular complexity index is 929. The largest absolute Gasteiger partial charge is 0.385 e. The van der Waals surface area contributed by atoms with E-state index in [-0.39, 0.29) is 11.8 Å². The molecule has 1 aliphatic heterocycles. The Morgan fingerprint density at radius 3 is 2.25 bits per heavy atom. The normalized spacial score (nSPS) is 14.2. The van der Waals surface area contributed by atoms with Gasteiger partial charge in [0.1, 0.15) is 5.70 Å². The van der Waals surface area contributed by atoms with E-state index in [9.17, 15) is 9.59 Å². The Morgan fingerprint density at radius 2 is 1.61 bits per heavy atom. The lowest BCUT2D eigenvalue weighted by atomic mass is 10.0. The molecule has 1 N–H and O–H groups in total. The number of nitrogens with one attached hydrogen (secondary N) is 1. The highest BCUT2D eigenvalue weighted by molar-refractivity contribution is 6.36. The van der Waals surface area contributed by atoms with E-state index in [1.807, 2.05) is 63.2 Å². The zero-order valence-corrected chi connectivity index (χ0v) is 16.8. The number of ether oxygens (including phenoxy) is 1. The molecule has 28 heavy (non-hydrogen) atoms. The minimum Gasteiger partial charge on any atom is -0.385 e. The molecule has 2 aromatic carbocycles. The van der Waals surface area contributed by atoms with Gasteiger partial charge < -0.3 is 10.1 Å². The lowest BCUT2D eigenvalue weighted by molar-refractivity contribution is -0.136. The summed E-state index contributed by atoms with van der Waals surface area (Å²) < 4.78 is 5.07. The molecule has 0 saturated carbocycles. The lowest BCUT2D eigenvalue weighted by Gasteiger charge is -2.15. The Balaban J connectivity index is 2.01. The van der Waals surface area contributed by atoms with E-state index in [2.05, 4.69) is 5.32 Å². The first-order valence-corrected chi connectivity index (χ1v) is 9.43. The van der Waals surface area contributed by atoms with Crippen LogP contribution in [0, 0.1) is 20.8 Å². The van der Waals surface area contributed by atoms with Crippen molar-refractivity contribution in [2.24, 2.45) is 0 Å². The molecule has 0 radical (unpaired) electrons. The van der Waals surface area contributed by atoms with Gasteiger partial charge in [-0.25, -0.2) is 0 Å². The average molecular weight is 378 g/mol. The molecule has 1 heterocycles. The molecule has 0 unspecified atom stereocenters. The van der Waals surface area contributed by atoms with Crippen molar-refractivity contribution in [1.82, 2.24) is 4.90 Å².